The summed E-state index contributed by atoms with van der Waals surface area (Å²) in [5.41, 5.74) is -1.97. The minimum Gasteiger partial charge on any atom is -0.505 e. The molecular formula is C13H8F4N2O2. The molecule has 2 N–H and O–H groups in total. The fraction of sp³-hybridized carbons (Fsp3) is 0.0769. The van der Waals surface area contributed by atoms with Gasteiger partial charge in [0.2, 0.25) is 0 Å². The van der Waals surface area contributed by atoms with E-state index in [2.05, 4.69) is 4.98 Å². The van der Waals surface area contributed by atoms with Crippen LogP contribution in [0.1, 0.15) is 15.9 Å². The summed E-state index contributed by atoms with van der Waals surface area (Å²) in [6.07, 6.45) is -2.47. The van der Waals surface area contributed by atoms with E-state index in [1.807, 2.05) is 5.32 Å². The van der Waals surface area contributed by atoms with Crippen molar-refractivity contribution in [2.75, 3.05) is 5.32 Å². The Balaban J connectivity index is 2.31. The number of nitrogens with one attached hydrogen (secondary N) is 1. The first kappa shape index (κ1) is 14.8. The highest BCUT2D eigenvalue weighted by atomic mass is 19.4. The fourth-order valence-electron chi connectivity index (χ4n) is 1.57. The number of hydrogen-bond acceptors (Lipinski definition) is 3. The van der Waals surface area contributed by atoms with Crippen LogP contribution in [0.15, 0.2) is 36.7 Å². The minimum atomic E-state index is -4.66. The Bertz CT molecular complexity index is 686. The Morgan fingerprint density at radius 1 is 1.24 bits per heavy atom. The summed E-state index contributed by atoms with van der Waals surface area (Å²) >= 11 is 0. The molecule has 0 atom stereocenters. The number of anilines is 1. The second kappa shape index (κ2) is 5.39. The number of hydrogen-bond donors (Lipinski definition) is 2. The third-order valence-corrected chi connectivity index (χ3v) is 2.59. The number of benzene rings is 1. The number of rotatable bonds is 2. The molecule has 0 aliphatic carbocycles. The maximum Gasteiger partial charge on any atom is 0.416 e. The number of aromatic hydroxyl groups is 1. The van der Waals surface area contributed by atoms with Crippen molar-refractivity contribution in [3.63, 3.8) is 0 Å². The Hall–Kier alpha value is -2.64. The molecule has 1 aromatic carbocycles. The van der Waals surface area contributed by atoms with Crippen LogP contribution in [0.25, 0.3) is 0 Å². The van der Waals surface area contributed by atoms with Gasteiger partial charge in [0.15, 0.2) is 0 Å². The number of alkyl halides is 3. The van der Waals surface area contributed by atoms with E-state index < -0.39 is 34.9 Å². The molecule has 0 aliphatic rings. The van der Waals surface area contributed by atoms with Crippen molar-refractivity contribution in [2.24, 2.45) is 0 Å². The topological polar surface area (TPSA) is 62.2 Å². The second-order valence-electron chi connectivity index (χ2n) is 4.04. The van der Waals surface area contributed by atoms with E-state index >= 15 is 0 Å². The summed E-state index contributed by atoms with van der Waals surface area (Å²) in [5, 5.41) is 11.4. The van der Waals surface area contributed by atoms with Crippen molar-refractivity contribution in [3.05, 3.63) is 53.6 Å². The highest BCUT2D eigenvalue weighted by Crippen LogP contribution is 2.32. The van der Waals surface area contributed by atoms with E-state index in [0.29, 0.717) is 18.2 Å². The average Bonchev–Trinajstić information content (AvgIpc) is 2.40. The Morgan fingerprint density at radius 2 is 1.95 bits per heavy atom. The lowest BCUT2D eigenvalue weighted by atomic mass is 10.1. The zero-order valence-electron chi connectivity index (χ0n) is 10.3. The molecule has 0 fully saturated rings. The van der Waals surface area contributed by atoms with Gasteiger partial charge in [0.05, 0.1) is 23.0 Å². The van der Waals surface area contributed by atoms with Crippen LogP contribution in [0.4, 0.5) is 23.2 Å². The van der Waals surface area contributed by atoms with Gasteiger partial charge < -0.3 is 10.4 Å². The number of amides is 1. The number of halogens is 4. The van der Waals surface area contributed by atoms with E-state index in [-0.39, 0.29) is 5.56 Å². The van der Waals surface area contributed by atoms with Gasteiger partial charge in [-0.15, -0.1) is 0 Å². The molecule has 1 amide bonds. The summed E-state index contributed by atoms with van der Waals surface area (Å²) in [6, 6.07) is 2.79. The van der Waals surface area contributed by atoms with E-state index in [1.165, 1.54) is 6.20 Å². The Morgan fingerprint density at radius 3 is 2.57 bits per heavy atom. The van der Waals surface area contributed by atoms with Crippen LogP contribution >= 0.6 is 0 Å². The Labute approximate surface area is 116 Å². The summed E-state index contributed by atoms with van der Waals surface area (Å²) < 4.78 is 51.1. The van der Waals surface area contributed by atoms with Gasteiger partial charge in [0, 0.05) is 6.20 Å². The average molecular weight is 300 g/mol. The molecule has 2 rings (SSSR count). The van der Waals surface area contributed by atoms with Gasteiger partial charge in [-0.25, -0.2) is 4.39 Å². The third-order valence-electron chi connectivity index (χ3n) is 2.59. The molecular weight excluding hydrogens is 292 g/mol. The van der Waals surface area contributed by atoms with E-state index in [4.69, 9.17) is 0 Å². The van der Waals surface area contributed by atoms with Crippen LogP contribution < -0.4 is 5.32 Å². The van der Waals surface area contributed by atoms with Crippen LogP contribution in [0.5, 0.6) is 5.75 Å². The lowest BCUT2D eigenvalue weighted by Gasteiger charge is -2.11. The molecule has 0 spiro atoms. The van der Waals surface area contributed by atoms with Crippen LogP contribution in [0.2, 0.25) is 0 Å². The zero-order chi connectivity index (χ0) is 15.6. The number of pyridine rings is 1. The fourth-order valence-corrected chi connectivity index (χ4v) is 1.57. The van der Waals surface area contributed by atoms with Gasteiger partial charge in [-0.3, -0.25) is 9.78 Å². The molecule has 1 aromatic heterocycles. The van der Waals surface area contributed by atoms with Crippen LogP contribution in [0.3, 0.4) is 0 Å². The van der Waals surface area contributed by atoms with Crippen molar-refractivity contribution < 1.29 is 27.5 Å². The molecule has 0 unspecified atom stereocenters. The molecule has 4 nitrogen and oxygen atoms in total. The zero-order valence-corrected chi connectivity index (χ0v) is 10.3. The molecule has 2 aromatic rings. The van der Waals surface area contributed by atoms with E-state index in [0.717, 1.165) is 12.3 Å². The number of carbonyl (C=O) groups is 1. The highest BCUT2D eigenvalue weighted by Gasteiger charge is 2.31. The smallest absolute Gasteiger partial charge is 0.416 e. The maximum atomic E-state index is 13.5. The number of nitrogens with zero attached hydrogens (tertiary/aromatic N) is 1. The summed E-state index contributed by atoms with van der Waals surface area (Å²) in [7, 11) is 0. The van der Waals surface area contributed by atoms with Crippen molar-refractivity contribution in [2.45, 2.75) is 6.18 Å². The number of carbonyl (C=O) groups excluding carboxylic acids is 1. The van der Waals surface area contributed by atoms with Gasteiger partial charge in [-0.2, -0.15) is 13.2 Å². The lowest BCUT2D eigenvalue weighted by molar-refractivity contribution is -0.137. The normalized spacial score (nSPS) is 11.2. The molecule has 0 aliphatic heterocycles. The quantitative estimate of drug-likeness (QED) is 0.837. The van der Waals surface area contributed by atoms with Gasteiger partial charge in [-0.1, -0.05) is 0 Å². The molecule has 1 heterocycles. The van der Waals surface area contributed by atoms with Gasteiger partial charge in [0.1, 0.15) is 11.6 Å². The molecule has 110 valence electrons. The van der Waals surface area contributed by atoms with Crippen molar-refractivity contribution in [1.82, 2.24) is 4.98 Å². The lowest BCUT2D eigenvalue weighted by Crippen LogP contribution is -2.14. The summed E-state index contributed by atoms with van der Waals surface area (Å²) in [4.78, 5) is 15.3. The third kappa shape index (κ3) is 3.28. The Kier molecular flexibility index (Phi) is 3.79. The van der Waals surface area contributed by atoms with Crippen LogP contribution in [-0.2, 0) is 6.18 Å². The molecule has 0 saturated carbocycles. The van der Waals surface area contributed by atoms with Gasteiger partial charge in [0.25, 0.3) is 5.91 Å². The van der Waals surface area contributed by atoms with Crippen molar-refractivity contribution in [3.8, 4) is 5.75 Å². The molecule has 0 saturated heterocycles. The monoisotopic (exact) mass is 300 g/mol. The maximum absolute atomic E-state index is 13.5. The first-order chi connectivity index (χ1) is 9.79. The first-order valence-electron chi connectivity index (χ1n) is 5.60. The first-order valence-corrected chi connectivity index (χ1v) is 5.60. The van der Waals surface area contributed by atoms with Crippen molar-refractivity contribution in [1.29, 1.82) is 0 Å². The SMILES string of the molecule is O=C(Nc1cc(C(F)(F)F)ccc1F)c1ccncc1O. The van der Waals surface area contributed by atoms with Gasteiger partial charge in [-0.05, 0) is 24.3 Å². The summed E-state index contributed by atoms with van der Waals surface area (Å²) in [5.74, 6) is -2.44. The standard InChI is InChI=1S/C13H8F4N2O2/c14-9-2-1-7(13(15,16)17)5-10(9)19-12(21)8-3-4-18-6-11(8)20/h1-6,20H,(H,19,21). The number of aromatic nitrogens is 1. The predicted octanol–water partition coefficient (Wildman–Crippen LogP) is 3.20. The molecule has 0 bridgehead atoms. The summed E-state index contributed by atoms with van der Waals surface area (Å²) in [6.45, 7) is 0. The molecule has 21 heavy (non-hydrogen) atoms. The van der Waals surface area contributed by atoms with Crippen molar-refractivity contribution >= 4 is 11.6 Å². The van der Waals surface area contributed by atoms with E-state index in [9.17, 15) is 27.5 Å². The highest BCUT2D eigenvalue weighted by molar-refractivity contribution is 6.06. The molecule has 8 heteroatoms. The van der Waals surface area contributed by atoms with E-state index in [1.54, 1.807) is 0 Å². The van der Waals surface area contributed by atoms with Crippen LogP contribution in [0, 0.1) is 5.82 Å². The van der Waals surface area contributed by atoms with Gasteiger partial charge >= 0.3 is 6.18 Å². The minimum absolute atomic E-state index is 0.234. The predicted molar refractivity (Wildman–Crippen MR) is 65.3 cm³/mol. The largest absolute Gasteiger partial charge is 0.505 e. The van der Waals surface area contributed by atoms with Crippen LogP contribution in [-0.4, -0.2) is 16.0 Å². The second-order valence-corrected chi connectivity index (χ2v) is 4.04. The molecule has 0 radical (unpaired) electrons.